The second-order valence-electron chi connectivity index (χ2n) is 5.66. The molecule has 1 nitrogen and oxygen atoms in total. The quantitative estimate of drug-likeness (QED) is 0.752. The van der Waals surface area contributed by atoms with Crippen molar-refractivity contribution >= 4 is 0 Å². The maximum atomic E-state index is 6.52. The Bertz CT molecular complexity index is 305. The van der Waals surface area contributed by atoms with E-state index in [-0.39, 0.29) is 5.54 Å². The van der Waals surface area contributed by atoms with Gasteiger partial charge in [0, 0.05) is 5.54 Å². The maximum absolute atomic E-state index is 6.52. The van der Waals surface area contributed by atoms with Gasteiger partial charge in [0.05, 0.1) is 0 Å². The molecule has 0 aliphatic rings. The van der Waals surface area contributed by atoms with Gasteiger partial charge in [-0.15, -0.1) is 0 Å². The van der Waals surface area contributed by atoms with E-state index >= 15 is 0 Å². The van der Waals surface area contributed by atoms with Crippen LogP contribution in [0.1, 0.15) is 52.0 Å². The summed E-state index contributed by atoms with van der Waals surface area (Å²) in [4.78, 5) is 0. The summed E-state index contributed by atoms with van der Waals surface area (Å²) >= 11 is 0. The van der Waals surface area contributed by atoms with E-state index in [1.807, 2.05) is 0 Å². The van der Waals surface area contributed by atoms with E-state index in [1.165, 1.54) is 18.4 Å². The van der Waals surface area contributed by atoms with Gasteiger partial charge in [-0.1, -0.05) is 63.9 Å². The molecule has 1 aromatic carbocycles. The molecule has 0 radical (unpaired) electrons. The van der Waals surface area contributed by atoms with Crippen LogP contribution in [0.25, 0.3) is 0 Å². The molecule has 0 heterocycles. The van der Waals surface area contributed by atoms with Crippen molar-refractivity contribution in [3.8, 4) is 0 Å². The zero-order chi connectivity index (χ0) is 12.7. The Hall–Kier alpha value is -0.820. The summed E-state index contributed by atoms with van der Waals surface area (Å²) in [5.41, 5.74) is 7.86. The highest BCUT2D eigenvalue weighted by molar-refractivity contribution is 5.17. The molecule has 2 N–H and O–H groups in total. The van der Waals surface area contributed by atoms with Crippen molar-refractivity contribution < 1.29 is 0 Å². The molecule has 1 atom stereocenters. The lowest BCUT2D eigenvalue weighted by molar-refractivity contribution is 0.351. The lowest BCUT2D eigenvalue weighted by Gasteiger charge is -2.29. The van der Waals surface area contributed by atoms with Gasteiger partial charge in [0.1, 0.15) is 0 Å². The Kier molecular flexibility index (Phi) is 5.70. The molecule has 1 rings (SSSR count). The highest BCUT2D eigenvalue weighted by atomic mass is 14.7. The minimum atomic E-state index is -0.0176. The summed E-state index contributed by atoms with van der Waals surface area (Å²) in [7, 11) is 0. The third kappa shape index (κ3) is 5.36. The molecule has 0 aromatic heterocycles. The van der Waals surface area contributed by atoms with Gasteiger partial charge < -0.3 is 5.73 Å². The van der Waals surface area contributed by atoms with Crippen molar-refractivity contribution in [2.45, 2.75) is 58.4 Å². The second kappa shape index (κ2) is 6.80. The molecule has 1 aromatic rings. The Balaban J connectivity index is 2.50. The van der Waals surface area contributed by atoms with Crippen LogP contribution in [0.5, 0.6) is 0 Å². The van der Waals surface area contributed by atoms with E-state index in [2.05, 4.69) is 51.1 Å². The van der Waals surface area contributed by atoms with E-state index in [4.69, 9.17) is 5.73 Å². The molecule has 0 aliphatic carbocycles. The first-order chi connectivity index (χ1) is 8.06. The van der Waals surface area contributed by atoms with E-state index in [0.29, 0.717) is 0 Å². The van der Waals surface area contributed by atoms with E-state index in [0.717, 1.165) is 25.2 Å². The van der Waals surface area contributed by atoms with Crippen LogP contribution in [-0.2, 0) is 6.42 Å². The molecule has 0 spiro atoms. The molecule has 0 bridgehead atoms. The topological polar surface area (TPSA) is 26.0 Å². The van der Waals surface area contributed by atoms with Crippen molar-refractivity contribution in [2.24, 2.45) is 11.7 Å². The van der Waals surface area contributed by atoms with Crippen molar-refractivity contribution in [2.75, 3.05) is 0 Å². The average molecular weight is 233 g/mol. The fraction of sp³-hybridized carbons (Fsp3) is 0.625. The highest BCUT2D eigenvalue weighted by Crippen LogP contribution is 2.22. The monoisotopic (exact) mass is 233 g/mol. The third-order valence-electron chi connectivity index (χ3n) is 3.56. The number of nitrogens with two attached hydrogens (primary N) is 1. The van der Waals surface area contributed by atoms with Gasteiger partial charge in [0.15, 0.2) is 0 Å². The molecule has 1 heteroatoms. The first kappa shape index (κ1) is 14.2. The largest absolute Gasteiger partial charge is 0.325 e. The standard InChI is InChI=1S/C16H27N/c1-4-16(17,12-8-9-14(2)3)13-15-10-6-5-7-11-15/h5-7,10-11,14H,4,8-9,12-13,17H2,1-3H3. The first-order valence-corrected chi connectivity index (χ1v) is 6.88. The SMILES string of the molecule is CCC(N)(CCCC(C)C)Cc1ccccc1. The van der Waals surface area contributed by atoms with E-state index in [9.17, 15) is 0 Å². The molecular formula is C16H27N. The molecule has 1 unspecified atom stereocenters. The van der Waals surface area contributed by atoms with Crippen LogP contribution in [0.4, 0.5) is 0 Å². The Labute approximate surface area is 106 Å². The van der Waals surface area contributed by atoms with Crippen LogP contribution < -0.4 is 5.73 Å². The van der Waals surface area contributed by atoms with Gasteiger partial charge in [-0.05, 0) is 30.7 Å². The van der Waals surface area contributed by atoms with Gasteiger partial charge in [-0.3, -0.25) is 0 Å². The predicted octanol–water partition coefficient (Wildman–Crippen LogP) is 4.16. The smallest absolute Gasteiger partial charge is 0.0192 e. The average Bonchev–Trinajstić information content (AvgIpc) is 2.30. The third-order valence-corrected chi connectivity index (χ3v) is 3.56. The molecule has 96 valence electrons. The fourth-order valence-electron chi connectivity index (χ4n) is 2.25. The maximum Gasteiger partial charge on any atom is 0.0192 e. The number of hydrogen-bond acceptors (Lipinski definition) is 1. The van der Waals surface area contributed by atoms with E-state index in [1.54, 1.807) is 0 Å². The zero-order valence-corrected chi connectivity index (χ0v) is 11.6. The summed E-state index contributed by atoms with van der Waals surface area (Å²) < 4.78 is 0. The van der Waals surface area contributed by atoms with Crippen LogP contribution in [0.2, 0.25) is 0 Å². The minimum Gasteiger partial charge on any atom is -0.325 e. The predicted molar refractivity (Wildman–Crippen MR) is 76.0 cm³/mol. The van der Waals surface area contributed by atoms with Gasteiger partial charge in [0.25, 0.3) is 0 Å². The minimum absolute atomic E-state index is 0.0176. The Morgan fingerprint density at radius 2 is 1.82 bits per heavy atom. The molecule has 17 heavy (non-hydrogen) atoms. The Morgan fingerprint density at radius 1 is 1.18 bits per heavy atom. The van der Waals surface area contributed by atoms with Crippen LogP contribution in [0.3, 0.4) is 0 Å². The molecule has 0 amide bonds. The molecule has 0 saturated carbocycles. The molecule has 0 aliphatic heterocycles. The number of hydrogen-bond donors (Lipinski definition) is 1. The lowest BCUT2D eigenvalue weighted by Crippen LogP contribution is -2.41. The summed E-state index contributed by atoms with van der Waals surface area (Å²) in [5, 5.41) is 0. The van der Waals surface area contributed by atoms with Crippen LogP contribution in [0.15, 0.2) is 30.3 Å². The van der Waals surface area contributed by atoms with Crippen molar-refractivity contribution in [3.05, 3.63) is 35.9 Å². The van der Waals surface area contributed by atoms with Crippen LogP contribution in [0, 0.1) is 5.92 Å². The fourth-order valence-corrected chi connectivity index (χ4v) is 2.25. The Morgan fingerprint density at radius 3 is 2.35 bits per heavy atom. The van der Waals surface area contributed by atoms with Gasteiger partial charge >= 0.3 is 0 Å². The highest BCUT2D eigenvalue weighted by Gasteiger charge is 2.22. The van der Waals surface area contributed by atoms with Crippen LogP contribution >= 0.6 is 0 Å². The van der Waals surface area contributed by atoms with Gasteiger partial charge in [-0.25, -0.2) is 0 Å². The lowest BCUT2D eigenvalue weighted by atomic mass is 9.84. The van der Waals surface area contributed by atoms with Crippen LogP contribution in [-0.4, -0.2) is 5.54 Å². The van der Waals surface area contributed by atoms with Gasteiger partial charge in [0.2, 0.25) is 0 Å². The summed E-state index contributed by atoms with van der Waals surface area (Å²) in [6, 6.07) is 10.6. The second-order valence-corrected chi connectivity index (χ2v) is 5.66. The van der Waals surface area contributed by atoms with Gasteiger partial charge in [-0.2, -0.15) is 0 Å². The van der Waals surface area contributed by atoms with Crippen molar-refractivity contribution in [1.82, 2.24) is 0 Å². The summed E-state index contributed by atoms with van der Waals surface area (Å²) in [6.07, 6.45) is 5.72. The van der Waals surface area contributed by atoms with E-state index < -0.39 is 0 Å². The normalized spacial score (nSPS) is 14.9. The number of benzene rings is 1. The molecule has 0 saturated heterocycles. The van der Waals surface area contributed by atoms with Crippen molar-refractivity contribution in [3.63, 3.8) is 0 Å². The number of rotatable bonds is 7. The zero-order valence-electron chi connectivity index (χ0n) is 11.6. The summed E-state index contributed by atoms with van der Waals surface area (Å²) in [5.74, 6) is 0.785. The van der Waals surface area contributed by atoms with Crippen molar-refractivity contribution in [1.29, 1.82) is 0 Å². The first-order valence-electron chi connectivity index (χ1n) is 6.88. The summed E-state index contributed by atoms with van der Waals surface area (Å²) in [6.45, 7) is 6.76. The molecular weight excluding hydrogens is 206 g/mol. The molecule has 0 fully saturated rings.